The second kappa shape index (κ2) is 41.5. The third-order valence-electron chi connectivity index (χ3n) is 10.9. The number of carbonyl (C=O) groups excluding carboxylic acids is 4. The lowest BCUT2D eigenvalue weighted by molar-refractivity contribution is -0.153. The number of rotatable bonds is 43. The first-order valence-corrected chi connectivity index (χ1v) is 24.2. The van der Waals surface area contributed by atoms with E-state index in [1.54, 1.807) is 0 Å². The zero-order valence-corrected chi connectivity index (χ0v) is 38.7. The van der Waals surface area contributed by atoms with Crippen LogP contribution in [-0.2, 0) is 38.1 Å². The summed E-state index contributed by atoms with van der Waals surface area (Å²) >= 11 is 0. The molecule has 0 bridgehead atoms. The maximum atomic E-state index is 13.0. The van der Waals surface area contributed by atoms with Crippen LogP contribution in [0.4, 0.5) is 0 Å². The van der Waals surface area contributed by atoms with Gasteiger partial charge < -0.3 is 29.2 Å². The van der Waals surface area contributed by atoms with Gasteiger partial charge in [-0.15, -0.1) is 0 Å². The number of esters is 4. The van der Waals surface area contributed by atoms with Gasteiger partial charge in [-0.05, 0) is 72.1 Å². The third-order valence-corrected chi connectivity index (χ3v) is 10.9. The number of carbonyl (C=O) groups is 4. The van der Waals surface area contributed by atoms with Crippen molar-refractivity contribution in [2.75, 3.05) is 53.6 Å². The van der Waals surface area contributed by atoms with Crippen molar-refractivity contribution in [3.05, 3.63) is 0 Å². The minimum Gasteiger partial charge on any atom is -0.465 e. The highest BCUT2D eigenvalue weighted by atomic mass is 16.6. The molecule has 0 rings (SSSR count). The molecule has 0 saturated carbocycles. The summed E-state index contributed by atoms with van der Waals surface area (Å²) in [6.07, 6.45) is 29.0. The minimum absolute atomic E-state index is 0.0655. The Morgan fingerprint density at radius 3 is 1.16 bits per heavy atom. The lowest BCUT2D eigenvalue weighted by Crippen LogP contribution is -2.40. The number of hydrogen-bond acceptors (Lipinski definition) is 10. The number of ether oxygens (including phenoxy) is 4. The van der Waals surface area contributed by atoms with E-state index in [9.17, 15) is 19.2 Å². The summed E-state index contributed by atoms with van der Waals surface area (Å²) in [6, 6.07) is -0.350. The van der Waals surface area contributed by atoms with E-state index in [2.05, 4.69) is 37.9 Å². The van der Waals surface area contributed by atoms with Crippen molar-refractivity contribution in [2.24, 2.45) is 11.8 Å². The Hall–Kier alpha value is -2.20. The Balaban J connectivity index is 4.75. The van der Waals surface area contributed by atoms with Gasteiger partial charge in [-0.3, -0.25) is 19.2 Å². The van der Waals surface area contributed by atoms with Crippen LogP contribution in [0.1, 0.15) is 214 Å². The number of nitrogens with one attached hydrogen (secondary N) is 1. The molecule has 0 aliphatic carbocycles. The molecule has 0 aromatic rings. The van der Waals surface area contributed by atoms with Gasteiger partial charge >= 0.3 is 23.9 Å². The molecule has 0 aliphatic rings. The second-order valence-corrected chi connectivity index (χ2v) is 16.9. The molecular formula is C48H92N2O8. The van der Waals surface area contributed by atoms with Crippen LogP contribution >= 0.6 is 0 Å². The first kappa shape index (κ1) is 55.8. The molecule has 0 saturated heterocycles. The highest BCUT2D eigenvalue weighted by molar-refractivity contribution is 5.73. The average Bonchev–Trinajstić information content (AvgIpc) is 3.21. The van der Waals surface area contributed by atoms with E-state index in [4.69, 9.17) is 18.9 Å². The predicted molar refractivity (Wildman–Crippen MR) is 238 cm³/mol. The molecule has 0 spiro atoms. The standard InChI is InChI=1S/C48H92N2O8/c1-7-11-15-19-21-25-32-42(30-23-17-13-9-3)47(53)55-38-27-34-45(51)57-40-44(49-36-29-37-50(5)6)41-58-46(52)35-28-39-56-48(54)43(31-24-18-14-10-4)33-26-22-20-16-12-8-2/h42-44,49H,7-41H2,1-6H3. The van der Waals surface area contributed by atoms with Gasteiger partial charge in [0.25, 0.3) is 0 Å². The molecule has 1 N–H and O–H groups in total. The Bertz CT molecular complexity index is 909. The molecule has 0 aromatic carbocycles. The maximum Gasteiger partial charge on any atom is 0.308 e. The Kier molecular flexibility index (Phi) is 40.0. The van der Waals surface area contributed by atoms with Crippen molar-refractivity contribution < 1.29 is 38.1 Å². The van der Waals surface area contributed by atoms with Crippen LogP contribution in [0.25, 0.3) is 0 Å². The van der Waals surface area contributed by atoms with Gasteiger partial charge in [0.1, 0.15) is 13.2 Å². The van der Waals surface area contributed by atoms with E-state index >= 15 is 0 Å². The fourth-order valence-electron chi connectivity index (χ4n) is 7.15. The summed E-state index contributed by atoms with van der Waals surface area (Å²) in [5.41, 5.74) is 0. The fourth-order valence-corrected chi connectivity index (χ4v) is 7.15. The van der Waals surface area contributed by atoms with Crippen LogP contribution in [0.5, 0.6) is 0 Å². The molecule has 10 heteroatoms. The van der Waals surface area contributed by atoms with Crippen molar-refractivity contribution >= 4 is 23.9 Å². The van der Waals surface area contributed by atoms with Crippen molar-refractivity contribution in [1.29, 1.82) is 0 Å². The van der Waals surface area contributed by atoms with E-state index in [1.165, 1.54) is 77.0 Å². The van der Waals surface area contributed by atoms with Crippen molar-refractivity contribution in [3.63, 3.8) is 0 Å². The molecule has 2 unspecified atom stereocenters. The van der Waals surface area contributed by atoms with Crippen LogP contribution in [0, 0.1) is 11.8 Å². The highest BCUT2D eigenvalue weighted by Gasteiger charge is 2.21. The predicted octanol–water partition coefficient (Wildman–Crippen LogP) is 11.3. The van der Waals surface area contributed by atoms with E-state index in [1.807, 2.05) is 14.1 Å². The van der Waals surface area contributed by atoms with Crippen LogP contribution < -0.4 is 5.32 Å². The normalized spacial score (nSPS) is 12.9. The lowest BCUT2D eigenvalue weighted by atomic mass is 9.94. The molecule has 10 nitrogen and oxygen atoms in total. The molecule has 0 radical (unpaired) electrons. The molecule has 0 aliphatic heterocycles. The van der Waals surface area contributed by atoms with Gasteiger partial charge in [-0.1, -0.05) is 156 Å². The maximum absolute atomic E-state index is 13.0. The first-order chi connectivity index (χ1) is 28.2. The van der Waals surface area contributed by atoms with Gasteiger partial charge in [0.15, 0.2) is 0 Å². The zero-order valence-electron chi connectivity index (χ0n) is 38.7. The molecule has 342 valence electrons. The quantitative estimate of drug-likeness (QED) is 0.0361. The van der Waals surface area contributed by atoms with Crippen LogP contribution in [0.15, 0.2) is 0 Å². The Morgan fingerprint density at radius 2 is 0.793 bits per heavy atom. The lowest BCUT2D eigenvalue weighted by Gasteiger charge is -2.20. The van der Waals surface area contributed by atoms with Gasteiger partial charge in [0.2, 0.25) is 0 Å². The van der Waals surface area contributed by atoms with Crippen LogP contribution in [0.3, 0.4) is 0 Å². The van der Waals surface area contributed by atoms with Crippen LogP contribution in [0.2, 0.25) is 0 Å². The molecule has 0 fully saturated rings. The average molecular weight is 825 g/mol. The molecule has 0 aromatic heterocycles. The van der Waals surface area contributed by atoms with Gasteiger partial charge in [-0.25, -0.2) is 0 Å². The van der Waals surface area contributed by atoms with Crippen molar-refractivity contribution in [2.45, 2.75) is 220 Å². The minimum atomic E-state index is -0.368. The van der Waals surface area contributed by atoms with E-state index < -0.39 is 0 Å². The first-order valence-electron chi connectivity index (χ1n) is 24.2. The van der Waals surface area contributed by atoms with E-state index in [-0.39, 0.29) is 81.0 Å². The fraction of sp³-hybridized carbons (Fsp3) is 0.917. The number of hydrogen-bond donors (Lipinski definition) is 1. The van der Waals surface area contributed by atoms with Crippen molar-refractivity contribution in [3.8, 4) is 0 Å². The topological polar surface area (TPSA) is 120 Å². The second-order valence-electron chi connectivity index (χ2n) is 16.9. The van der Waals surface area contributed by atoms with Gasteiger partial charge in [-0.2, -0.15) is 0 Å². The van der Waals surface area contributed by atoms with E-state index in [0.717, 1.165) is 90.0 Å². The molecule has 0 heterocycles. The number of unbranched alkanes of at least 4 members (excludes halogenated alkanes) is 16. The summed E-state index contributed by atoms with van der Waals surface area (Å²) in [6.45, 7) is 10.9. The largest absolute Gasteiger partial charge is 0.465 e. The zero-order chi connectivity index (χ0) is 42.9. The Labute approximate surface area is 356 Å². The monoisotopic (exact) mass is 825 g/mol. The summed E-state index contributed by atoms with van der Waals surface area (Å²) in [7, 11) is 4.03. The van der Waals surface area contributed by atoms with Gasteiger partial charge in [0.05, 0.1) is 31.1 Å². The summed E-state index contributed by atoms with van der Waals surface area (Å²) in [4.78, 5) is 53.4. The molecule has 2 atom stereocenters. The van der Waals surface area contributed by atoms with Gasteiger partial charge in [0, 0.05) is 12.8 Å². The summed E-state index contributed by atoms with van der Waals surface area (Å²) in [5, 5.41) is 3.37. The van der Waals surface area contributed by atoms with Crippen molar-refractivity contribution in [1.82, 2.24) is 10.2 Å². The smallest absolute Gasteiger partial charge is 0.308 e. The molecule has 0 amide bonds. The Morgan fingerprint density at radius 1 is 0.448 bits per heavy atom. The van der Waals surface area contributed by atoms with Crippen LogP contribution in [-0.4, -0.2) is 88.4 Å². The van der Waals surface area contributed by atoms with E-state index in [0.29, 0.717) is 19.4 Å². The molecule has 58 heavy (non-hydrogen) atoms. The summed E-state index contributed by atoms with van der Waals surface area (Å²) in [5.74, 6) is -1.13. The highest BCUT2D eigenvalue weighted by Crippen LogP contribution is 2.22. The summed E-state index contributed by atoms with van der Waals surface area (Å²) < 4.78 is 22.5. The number of nitrogens with zero attached hydrogens (tertiary/aromatic N) is 1. The third kappa shape index (κ3) is 35.7. The SMILES string of the molecule is CCCCCCCCC(CCCCCC)C(=O)OCCCC(=O)OCC(COC(=O)CCCOC(=O)C(CCCCCC)CCCCCCCC)NCCCN(C)C. The molecular weight excluding hydrogens is 733 g/mol.